The topological polar surface area (TPSA) is 54.2 Å². The van der Waals surface area contributed by atoms with Crippen molar-refractivity contribution in [3.8, 4) is 0 Å². The van der Waals surface area contributed by atoms with Crippen molar-refractivity contribution in [1.82, 2.24) is 14.8 Å². The minimum Gasteiger partial charge on any atom is -0.396 e. The number of anilines is 1. The molecule has 5 nitrogen and oxygen atoms in total. The standard InChI is InChI=1S/C16H24N4O/c1-14(2)11-20-16(17-13-18-20)12-19(9-6-10-21)15-7-4-3-5-8-15/h3-5,7-8,13-14,21H,6,9-12H2,1-2H3. The molecular formula is C16H24N4O. The number of hydrogen-bond donors (Lipinski definition) is 1. The molecule has 0 aliphatic heterocycles. The first-order valence-corrected chi connectivity index (χ1v) is 7.48. The van der Waals surface area contributed by atoms with E-state index in [1.54, 1.807) is 6.33 Å². The monoisotopic (exact) mass is 288 g/mol. The molecule has 114 valence electrons. The molecule has 0 fully saturated rings. The van der Waals surface area contributed by atoms with Crippen LogP contribution >= 0.6 is 0 Å². The number of para-hydroxylation sites is 1. The maximum absolute atomic E-state index is 9.10. The molecule has 1 aromatic carbocycles. The molecule has 0 radical (unpaired) electrons. The Bertz CT molecular complexity index is 524. The number of benzene rings is 1. The molecule has 1 N–H and O–H groups in total. The van der Waals surface area contributed by atoms with Crippen molar-refractivity contribution < 1.29 is 5.11 Å². The van der Waals surface area contributed by atoms with Crippen LogP contribution in [-0.2, 0) is 13.1 Å². The first-order chi connectivity index (χ1) is 10.2. The normalized spacial score (nSPS) is 11.0. The van der Waals surface area contributed by atoms with E-state index in [1.165, 1.54) is 0 Å². The van der Waals surface area contributed by atoms with Crippen molar-refractivity contribution in [2.75, 3.05) is 18.1 Å². The minimum atomic E-state index is 0.196. The third-order valence-electron chi connectivity index (χ3n) is 3.27. The lowest BCUT2D eigenvalue weighted by molar-refractivity contribution is 0.289. The van der Waals surface area contributed by atoms with E-state index in [1.807, 2.05) is 22.9 Å². The van der Waals surface area contributed by atoms with Gasteiger partial charge in [-0.15, -0.1) is 0 Å². The highest BCUT2D eigenvalue weighted by atomic mass is 16.3. The molecule has 0 saturated heterocycles. The van der Waals surface area contributed by atoms with Gasteiger partial charge in [0.15, 0.2) is 0 Å². The largest absolute Gasteiger partial charge is 0.396 e. The summed E-state index contributed by atoms with van der Waals surface area (Å²) in [5.74, 6) is 1.50. The summed E-state index contributed by atoms with van der Waals surface area (Å²) in [5.41, 5.74) is 1.14. The average Bonchev–Trinajstić information content (AvgIpc) is 2.90. The summed E-state index contributed by atoms with van der Waals surface area (Å²) in [6.45, 7) is 6.92. The van der Waals surface area contributed by atoms with Crippen LogP contribution in [-0.4, -0.2) is 33.0 Å². The molecule has 0 aliphatic carbocycles. The van der Waals surface area contributed by atoms with E-state index >= 15 is 0 Å². The fourth-order valence-corrected chi connectivity index (χ4v) is 2.28. The van der Waals surface area contributed by atoms with Gasteiger partial charge in [-0.25, -0.2) is 9.67 Å². The zero-order valence-electron chi connectivity index (χ0n) is 12.8. The first-order valence-electron chi connectivity index (χ1n) is 7.48. The van der Waals surface area contributed by atoms with Gasteiger partial charge in [-0.05, 0) is 24.5 Å². The molecule has 0 spiro atoms. The van der Waals surface area contributed by atoms with Gasteiger partial charge in [-0.3, -0.25) is 0 Å². The predicted molar refractivity (Wildman–Crippen MR) is 84.1 cm³/mol. The Morgan fingerprint density at radius 3 is 2.67 bits per heavy atom. The minimum absolute atomic E-state index is 0.196. The Kier molecular flexibility index (Phi) is 5.75. The van der Waals surface area contributed by atoms with Crippen molar-refractivity contribution in [1.29, 1.82) is 0 Å². The maximum atomic E-state index is 9.10. The third-order valence-corrected chi connectivity index (χ3v) is 3.27. The van der Waals surface area contributed by atoms with E-state index in [0.29, 0.717) is 12.5 Å². The van der Waals surface area contributed by atoms with E-state index in [4.69, 9.17) is 5.11 Å². The fourth-order valence-electron chi connectivity index (χ4n) is 2.28. The number of hydrogen-bond acceptors (Lipinski definition) is 4. The fraction of sp³-hybridized carbons (Fsp3) is 0.500. The van der Waals surface area contributed by atoms with Crippen LogP contribution in [0.4, 0.5) is 5.69 Å². The first kappa shape index (κ1) is 15.5. The number of rotatable bonds is 8. The smallest absolute Gasteiger partial charge is 0.146 e. The molecule has 0 aliphatic rings. The third kappa shape index (κ3) is 4.56. The summed E-state index contributed by atoms with van der Waals surface area (Å²) in [6.07, 6.45) is 2.36. The van der Waals surface area contributed by atoms with Gasteiger partial charge < -0.3 is 10.0 Å². The highest BCUT2D eigenvalue weighted by Gasteiger charge is 2.12. The summed E-state index contributed by atoms with van der Waals surface area (Å²) in [4.78, 5) is 6.62. The van der Waals surface area contributed by atoms with Crippen LogP contribution in [0.1, 0.15) is 26.1 Å². The highest BCUT2D eigenvalue weighted by Crippen LogP contribution is 2.16. The predicted octanol–water partition coefficient (Wildman–Crippen LogP) is 2.32. The molecule has 0 atom stereocenters. The zero-order chi connectivity index (χ0) is 15.1. The lowest BCUT2D eigenvalue weighted by atomic mass is 10.2. The molecule has 0 bridgehead atoms. The van der Waals surface area contributed by atoms with E-state index in [2.05, 4.69) is 41.0 Å². The summed E-state index contributed by atoms with van der Waals surface area (Å²) in [7, 11) is 0. The van der Waals surface area contributed by atoms with Gasteiger partial charge >= 0.3 is 0 Å². The van der Waals surface area contributed by atoms with Crippen LogP contribution in [0.5, 0.6) is 0 Å². The molecule has 5 heteroatoms. The lowest BCUT2D eigenvalue weighted by Crippen LogP contribution is -2.27. The van der Waals surface area contributed by atoms with E-state index in [9.17, 15) is 0 Å². The molecule has 21 heavy (non-hydrogen) atoms. The SMILES string of the molecule is CC(C)Cn1ncnc1CN(CCCO)c1ccccc1. The molecule has 2 aromatic rings. The quantitative estimate of drug-likeness (QED) is 0.810. The molecular weight excluding hydrogens is 264 g/mol. The van der Waals surface area contributed by atoms with Crippen LogP contribution < -0.4 is 4.90 Å². The van der Waals surface area contributed by atoms with Crippen LogP contribution in [0.15, 0.2) is 36.7 Å². The zero-order valence-corrected chi connectivity index (χ0v) is 12.8. The van der Waals surface area contributed by atoms with Gasteiger partial charge in [0.1, 0.15) is 12.2 Å². The van der Waals surface area contributed by atoms with Gasteiger partial charge in [0.25, 0.3) is 0 Å². The van der Waals surface area contributed by atoms with Crippen LogP contribution in [0.25, 0.3) is 0 Å². The van der Waals surface area contributed by atoms with Gasteiger partial charge in [-0.2, -0.15) is 5.10 Å². The van der Waals surface area contributed by atoms with Crippen LogP contribution in [0.3, 0.4) is 0 Å². The second-order valence-electron chi connectivity index (χ2n) is 5.59. The van der Waals surface area contributed by atoms with Crippen molar-refractivity contribution in [3.05, 3.63) is 42.5 Å². The summed E-state index contributed by atoms with van der Waals surface area (Å²) in [6, 6.07) is 10.2. The highest BCUT2D eigenvalue weighted by molar-refractivity contribution is 5.45. The Labute approximate surface area is 126 Å². The Morgan fingerprint density at radius 1 is 1.24 bits per heavy atom. The number of aliphatic hydroxyl groups excluding tert-OH is 1. The molecule has 1 aromatic heterocycles. The Morgan fingerprint density at radius 2 is 2.00 bits per heavy atom. The Hall–Kier alpha value is -1.88. The molecule has 1 heterocycles. The number of aromatic nitrogens is 3. The number of nitrogens with zero attached hydrogens (tertiary/aromatic N) is 4. The van der Waals surface area contributed by atoms with Crippen LogP contribution in [0, 0.1) is 5.92 Å². The van der Waals surface area contributed by atoms with Gasteiger partial charge in [0.05, 0.1) is 6.54 Å². The lowest BCUT2D eigenvalue weighted by Gasteiger charge is -2.24. The van der Waals surface area contributed by atoms with Gasteiger partial charge in [0, 0.05) is 25.4 Å². The Balaban J connectivity index is 2.13. The molecule has 2 rings (SSSR count). The summed E-state index contributed by atoms with van der Waals surface area (Å²) >= 11 is 0. The van der Waals surface area contributed by atoms with Crippen molar-refractivity contribution in [2.24, 2.45) is 5.92 Å². The maximum Gasteiger partial charge on any atom is 0.146 e. The molecule has 0 saturated carbocycles. The van der Waals surface area contributed by atoms with E-state index in [-0.39, 0.29) is 6.61 Å². The average molecular weight is 288 g/mol. The van der Waals surface area contributed by atoms with Crippen molar-refractivity contribution >= 4 is 5.69 Å². The van der Waals surface area contributed by atoms with Gasteiger partial charge in [-0.1, -0.05) is 32.0 Å². The van der Waals surface area contributed by atoms with Gasteiger partial charge in [0.2, 0.25) is 0 Å². The molecule has 0 unspecified atom stereocenters. The van der Waals surface area contributed by atoms with Crippen molar-refractivity contribution in [2.45, 2.75) is 33.4 Å². The summed E-state index contributed by atoms with van der Waals surface area (Å²) in [5, 5.41) is 13.4. The van der Waals surface area contributed by atoms with E-state index < -0.39 is 0 Å². The second-order valence-corrected chi connectivity index (χ2v) is 5.59. The van der Waals surface area contributed by atoms with E-state index in [0.717, 1.165) is 31.0 Å². The summed E-state index contributed by atoms with van der Waals surface area (Å²) < 4.78 is 1.97. The van der Waals surface area contributed by atoms with Crippen molar-refractivity contribution in [3.63, 3.8) is 0 Å². The molecule has 0 amide bonds. The second kappa shape index (κ2) is 7.78. The number of aliphatic hydroxyl groups is 1. The van der Waals surface area contributed by atoms with Crippen LogP contribution in [0.2, 0.25) is 0 Å².